The molecule has 1 aromatic rings. The molecule has 1 aromatic heterocycles. The van der Waals surface area contributed by atoms with Gasteiger partial charge in [-0.3, -0.25) is 14.5 Å². The predicted octanol–water partition coefficient (Wildman–Crippen LogP) is 0.578. The molecule has 1 amide bonds. The van der Waals surface area contributed by atoms with Crippen molar-refractivity contribution in [1.82, 2.24) is 9.80 Å². The van der Waals surface area contributed by atoms with Crippen molar-refractivity contribution < 1.29 is 23.8 Å². The van der Waals surface area contributed by atoms with Gasteiger partial charge in [-0.2, -0.15) is 0 Å². The Balaban J connectivity index is 1.38. The van der Waals surface area contributed by atoms with Gasteiger partial charge in [0.25, 0.3) is 0 Å². The van der Waals surface area contributed by atoms with Crippen LogP contribution in [0.1, 0.15) is 5.76 Å². The first-order chi connectivity index (χ1) is 11.6. The molecule has 24 heavy (non-hydrogen) atoms. The quantitative estimate of drug-likeness (QED) is 0.812. The molecule has 0 radical (unpaired) electrons. The van der Waals surface area contributed by atoms with Crippen LogP contribution >= 0.6 is 0 Å². The summed E-state index contributed by atoms with van der Waals surface area (Å²) in [4.78, 5) is 28.4. The van der Waals surface area contributed by atoms with Gasteiger partial charge in [0.05, 0.1) is 30.9 Å². The number of ether oxygens (including phenoxy) is 1. The average Bonchev–Trinajstić information content (AvgIpc) is 3.31. The van der Waals surface area contributed by atoms with E-state index in [2.05, 4.69) is 4.90 Å². The first kappa shape index (κ1) is 15.4. The fourth-order valence-corrected chi connectivity index (χ4v) is 3.86. The van der Waals surface area contributed by atoms with Crippen LogP contribution in [-0.2, 0) is 20.9 Å². The fourth-order valence-electron chi connectivity index (χ4n) is 3.86. The molecule has 0 spiro atoms. The highest BCUT2D eigenvalue weighted by atomic mass is 16.5. The maximum atomic E-state index is 12.8. The Hall–Kier alpha value is -2.12. The van der Waals surface area contributed by atoms with Gasteiger partial charge in [0, 0.05) is 26.2 Å². The molecular weight excluding hydrogens is 312 g/mol. The largest absolute Gasteiger partial charge is 0.481 e. The van der Waals surface area contributed by atoms with Gasteiger partial charge in [-0.25, -0.2) is 0 Å². The van der Waals surface area contributed by atoms with Crippen LogP contribution in [-0.4, -0.2) is 65.2 Å². The molecule has 3 aliphatic rings. The Morgan fingerprint density at radius 1 is 1.12 bits per heavy atom. The van der Waals surface area contributed by atoms with Crippen LogP contribution in [0.4, 0.5) is 0 Å². The zero-order chi connectivity index (χ0) is 16.7. The summed E-state index contributed by atoms with van der Waals surface area (Å²) in [7, 11) is 0. The van der Waals surface area contributed by atoms with Gasteiger partial charge in [0.15, 0.2) is 0 Å². The van der Waals surface area contributed by atoms with Crippen molar-refractivity contribution >= 4 is 11.9 Å². The van der Waals surface area contributed by atoms with E-state index in [1.165, 1.54) is 0 Å². The summed E-state index contributed by atoms with van der Waals surface area (Å²) >= 11 is 0. The number of carbonyl (C=O) groups excluding carboxylic acids is 1. The summed E-state index contributed by atoms with van der Waals surface area (Å²) in [5.41, 5.74) is 0. The summed E-state index contributed by atoms with van der Waals surface area (Å²) in [5, 5.41) is 9.44. The number of aliphatic carboxylic acids is 1. The summed E-state index contributed by atoms with van der Waals surface area (Å²) in [6.07, 6.45) is 4.37. The van der Waals surface area contributed by atoms with E-state index in [0.29, 0.717) is 13.1 Å². The molecule has 7 heteroatoms. The van der Waals surface area contributed by atoms with Gasteiger partial charge < -0.3 is 19.2 Å². The average molecular weight is 332 g/mol. The molecule has 1 N–H and O–H groups in total. The number of amides is 1. The van der Waals surface area contributed by atoms with Crippen molar-refractivity contribution in [3.63, 3.8) is 0 Å². The lowest BCUT2D eigenvalue weighted by Gasteiger charge is -2.36. The molecule has 4 rings (SSSR count). The summed E-state index contributed by atoms with van der Waals surface area (Å²) in [5.74, 6) is -1.52. The molecule has 4 heterocycles. The molecule has 0 unspecified atom stereocenters. The Bertz CT molecular complexity index is 648. The van der Waals surface area contributed by atoms with E-state index in [0.717, 1.165) is 25.4 Å². The van der Waals surface area contributed by atoms with Crippen molar-refractivity contribution in [2.75, 3.05) is 26.2 Å². The second-order valence-electron chi connectivity index (χ2n) is 6.52. The third-order valence-corrected chi connectivity index (χ3v) is 5.11. The lowest BCUT2D eigenvalue weighted by Crippen LogP contribution is -2.52. The summed E-state index contributed by atoms with van der Waals surface area (Å²) < 4.78 is 11.0. The van der Waals surface area contributed by atoms with Crippen LogP contribution in [0.25, 0.3) is 0 Å². The van der Waals surface area contributed by atoms with Gasteiger partial charge in [-0.05, 0) is 12.1 Å². The number of hydrogen-bond acceptors (Lipinski definition) is 5. The first-order valence-electron chi connectivity index (χ1n) is 8.23. The van der Waals surface area contributed by atoms with Crippen molar-refractivity contribution in [2.24, 2.45) is 11.8 Å². The second-order valence-corrected chi connectivity index (χ2v) is 6.52. The maximum absolute atomic E-state index is 12.8. The Morgan fingerprint density at radius 2 is 1.83 bits per heavy atom. The van der Waals surface area contributed by atoms with Gasteiger partial charge in [0.1, 0.15) is 11.7 Å². The normalized spacial score (nSPS) is 32.4. The lowest BCUT2D eigenvalue weighted by molar-refractivity contribution is -0.150. The zero-order valence-corrected chi connectivity index (χ0v) is 13.2. The number of furan rings is 1. The van der Waals surface area contributed by atoms with Crippen LogP contribution in [0.3, 0.4) is 0 Å². The van der Waals surface area contributed by atoms with Crippen LogP contribution < -0.4 is 0 Å². The number of rotatable bonds is 4. The van der Waals surface area contributed by atoms with E-state index in [1.54, 1.807) is 17.2 Å². The van der Waals surface area contributed by atoms with Crippen molar-refractivity contribution in [3.05, 3.63) is 36.3 Å². The fraction of sp³-hybridized carbons (Fsp3) is 0.529. The van der Waals surface area contributed by atoms with Crippen LogP contribution in [0.15, 0.2) is 35.0 Å². The van der Waals surface area contributed by atoms with Crippen molar-refractivity contribution in [2.45, 2.75) is 18.8 Å². The van der Waals surface area contributed by atoms with E-state index in [9.17, 15) is 14.7 Å². The van der Waals surface area contributed by atoms with E-state index in [1.807, 2.05) is 18.2 Å². The highest BCUT2D eigenvalue weighted by molar-refractivity contribution is 5.87. The molecule has 4 atom stereocenters. The minimum atomic E-state index is -0.957. The maximum Gasteiger partial charge on any atom is 0.310 e. The van der Waals surface area contributed by atoms with E-state index < -0.39 is 30.0 Å². The van der Waals surface area contributed by atoms with Crippen LogP contribution in [0.2, 0.25) is 0 Å². The SMILES string of the molecule is O=C(O)[C@@H]1[C@@H](C(=O)N2CCN(Cc3ccco3)CC2)[C@H]2C=C[C@H]1O2. The second kappa shape index (κ2) is 6.07. The van der Waals surface area contributed by atoms with E-state index in [-0.39, 0.29) is 5.91 Å². The van der Waals surface area contributed by atoms with Crippen LogP contribution in [0, 0.1) is 11.8 Å². The molecular formula is C17H20N2O5. The molecule has 0 aliphatic carbocycles. The molecule has 2 saturated heterocycles. The van der Waals surface area contributed by atoms with Gasteiger partial charge in [-0.15, -0.1) is 0 Å². The molecule has 128 valence electrons. The van der Waals surface area contributed by atoms with Crippen LogP contribution in [0.5, 0.6) is 0 Å². The minimum absolute atomic E-state index is 0.100. The lowest BCUT2D eigenvalue weighted by atomic mass is 9.82. The standard InChI is InChI=1S/C17H20N2O5/c20-16(14-12-3-4-13(24-12)15(14)17(21)22)19-7-5-18(6-8-19)10-11-2-1-9-23-11/h1-4,9,12-15H,5-8,10H2,(H,21,22)/t12-,13-,14+,15+/m1/s1. The third kappa shape index (κ3) is 2.63. The molecule has 0 saturated carbocycles. The zero-order valence-electron chi connectivity index (χ0n) is 13.2. The molecule has 2 fully saturated rings. The Labute approximate surface area is 139 Å². The van der Waals surface area contributed by atoms with E-state index in [4.69, 9.17) is 9.15 Å². The summed E-state index contributed by atoms with van der Waals surface area (Å²) in [6, 6.07) is 3.80. The monoisotopic (exact) mass is 332 g/mol. The molecule has 0 aromatic carbocycles. The topological polar surface area (TPSA) is 83.2 Å². The van der Waals surface area contributed by atoms with Gasteiger partial charge in [-0.1, -0.05) is 12.2 Å². The number of fused-ring (bicyclic) bond motifs is 2. The Morgan fingerprint density at radius 3 is 2.46 bits per heavy atom. The Kier molecular flexibility index (Phi) is 3.90. The smallest absolute Gasteiger partial charge is 0.310 e. The molecule has 7 nitrogen and oxygen atoms in total. The number of nitrogens with zero attached hydrogens (tertiary/aromatic N) is 2. The highest BCUT2D eigenvalue weighted by Crippen LogP contribution is 2.40. The van der Waals surface area contributed by atoms with Gasteiger partial charge >= 0.3 is 5.97 Å². The van der Waals surface area contributed by atoms with E-state index >= 15 is 0 Å². The third-order valence-electron chi connectivity index (χ3n) is 5.11. The highest BCUT2D eigenvalue weighted by Gasteiger charge is 2.54. The molecule has 2 bridgehead atoms. The first-order valence-corrected chi connectivity index (χ1v) is 8.23. The molecule has 3 aliphatic heterocycles. The number of carboxylic acid groups (broad SMARTS) is 1. The number of hydrogen-bond donors (Lipinski definition) is 1. The van der Waals surface area contributed by atoms with Crippen molar-refractivity contribution in [1.29, 1.82) is 0 Å². The van der Waals surface area contributed by atoms with Gasteiger partial charge in [0.2, 0.25) is 5.91 Å². The number of carbonyl (C=O) groups is 2. The number of carboxylic acids is 1. The summed E-state index contributed by atoms with van der Waals surface area (Å²) in [6.45, 7) is 3.43. The minimum Gasteiger partial charge on any atom is -0.481 e. The van der Waals surface area contributed by atoms with Crippen molar-refractivity contribution in [3.8, 4) is 0 Å². The number of piperazine rings is 1. The predicted molar refractivity (Wildman–Crippen MR) is 83.0 cm³/mol.